The van der Waals surface area contributed by atoms with Crippen molar-refractivity contribution < 1.29 is 13.2 Å². The van der Waals surface area contributed by atoms with E-state index in [0.29, 0.717) is 24.5 Å². The van der Waals surface area contributed by atoms with Crippen LogP contribution in [0.15, 0.2) is 23.1 Å². The maximum absolute atomic E-state index is 12.6. The van der Waals surface area contributed by atoms with Crippen LogP contribution in [0.5, 0.6) is 5.75 Å². The molecule has 0 atom stereocenters. The molecule has 0 aliphatic heterocycles. The van der Waals surface area contributed by atoms with Crippen molar-refractivity contribution in [2.75, 3.05) is 13.2 Å². The van der Waals surface area contributed by atoms with Crippen LogP contribution in [0.3, 0.4) is 0 Å². The van der Waals surface area contributed by atoms with Gasteiger partial charge in [0.05, 0.1) is 17.4 Å². The number of halogens is 1. The van der Waals surface area contributed by atoms with Crippen LogP contribution in [0.1, 0.15) is 39.7 Å². The average Bonchev–Trinajstić information content (AvgIpc) is 2.44. The number of ether oxygens (including phenoxy) is 1. The number of benzene rings is 1. The van der Waals surface area contributed by atoms with Gasteiger partial charge in [-0.25, -0.2) is 8.42 Å². The van der Waals surface area contributed by atoms with Crippen molar-refractivity contribution in [3.8, 4) is 5.75 Å². The average molecular weight is 334 g/mol. The maximum Gasteiger partial charge on any atom is 0.243 e. The van der Waals surface area contributed by atoms with Crippen LogP contribution in [0, 0.1) is 0 Å². The van der Waals surface area contributed by atoms with Gasteiger partial charge in [-0.1, -0.05) is 13.8 Å². The van der Waals surface area contributed by atoms with Crippen molar-refractivity contribution in [3.63, 3.8) is 0 Å². The van der Waals surface area contributed by atoms with Crippen LogP contribution in [-0.4, -0.2) is 31.9 Å². The predicted octanol–water partition coefficient (Wildman–Crippen LogP) is 3.63. The first kappa shape index (κ1) is 18.3. The highest BCUT2D eigenvalue weighted by molar-refractivity contribution is 7.89. The van der Waals surface area contributed by atoms with Crippen molar-refractivity contribution in [2.24, 2.45) is 0 Å². The largest absolute Gasteiger partial charge is 0.493 e. The molecule has 6 heteroatoms. The number of sulfonamides is 1. The summed E-state index contributed by atoms with van der Waals surface area (Å²) >= 11 is 5.92. The number of rotatable bonds is 8. The van der Waals surface area contributed by atoms with E-state index in [2.05, 4.69) is 0 Å². The molecule has 0 N–H and O–H groups in total. The van der Waals surface area contributed by atoms with Gasteiger partial charge in [0.1, 0.15) is 5.75 Å². The molecule has 0 aromatic heterocycles. The summed E-state index contributed by atoms with van der Waals surface area (Å²) in [4.78, 5) is 0.262. The quantitative estimate of drug-likeness (QED) is 0.682. The molecule has 0 aliphatic rings. The van der Waals surface area contributed by atoms with Crippen LogP contribution >= 0.6 is 11.6 Å². The van der Waals surface area contributed by atoms with Gasteiger partial charge >= 0.3 is 0 Å². The molecule has 0 radical (unpaired) electrons. The second kappa shape index (κ2) is 8.01. The summed E-state index contributed by atoms with van der Waals surface area (Å²) in [6.07, 6.45) is 0.888. The minimum Gasteiger partial charge on any atom is -0.493 e. The number of alkyl halides is 1. The van der Waals surface area contributed by atoms with E-state index in [1.165, 1.54) is 4.31 Å². The van der Waals surface area contributed by atoms with Crippen LogP contribution < -0.4 is 4.74 Å². The van der Waals surface area contributed by atoms with Crippen molar-refractivity contribution in [2.45, 2.75) is 50.9 Å². The molecule has 0 saturated heterocycles. The van der Waals surface area contributed by atoms with Gasteiger partial charge in [-0.2, -0.15) is 4.31 Å². The van der Waals surface area contributed by atoms with Crippen molar-refractivity contribution in [1.82, 2.24) is 4.31 Å². The summed E-state index contributed by atoms with van der Waals surface area (Å²) < 4.78 is 32.3. The molecular formula is C15H24ClNO3S. The zero-order valence-electron chi connectivity index (χ0n) is 13.1. The Morgan fingerprint density at radius 2 is 1.95 bits per heavy atom. The van der Waals surface area contributed by atoms with E-state index in [1.807, 2.05) is 27.7 Å². The van der Waals surface area contributed by atoms with E-state index in [4.69, 9.17) is 16.3 Å². The lowest BCUT2D eigenvalue weighted by Gasteiger charge is -2.24. The fraction of sp³-hybridized carbons (Fsp3) is 0.600. The van der Waals surface area contributed by atoms with Gasteiger partial charge < -0.3 is 4.74 Å². The smallest absolute Gasteiger partial charge is 0.243 e. The van der Waals surface area contributed by atoms with E-state index >= 15 is 0 Å². The fourth-order valence-corrected chi connectivity index (χ4v) is 4.03. The summed E-state index contributed by atoms with van der Waals surface area (Å²) in [7, 11) is -3.50. The maximum atomic E-state index is 12.6. The Bertz CT molecular complexity index is 558. The Labute approximate surface area is 133 Å². The Kier molecular flexibility index (Phi) is 6.97. The monoisotopic (exact) mass is 333 g/mol. The highest BCUT2D eigenvalue weighted by Gasteiger charge is 2.26. The van der Waals surface area contributed by atoms with Gasteiger partial charge in [-0.05, 0) is 38.5 Å². The first-order valence-electron chi connectivity index (χ1n) is 7.22. The van der Waals surface area contributed by atoms with Crippen molar-refractivity contribution >= 4 is 21.6 Å². The Morgan fingerprint density at radius 3 is 2.43 bits per heavy atom. The van der Waals surface area contributed by atoms with E-state index < -0.39 is 10.0 Å². The molecule has 0 heterocycles. The van der Waals surface area contributed by atoms with Gasteiger partial charge in [0, 0.05) is 18.2 Å². The molecule has 1 aromatic carbocycles. The molecule has 1 aromatic rings. The molecule has 21 heavy (non-hydrogen) atoms. The van der Waals surface area contributed by atoms with Crippen LogP contribution in [0.4, 0.5) is 0 Å². The first-order chi connectivity index (χ1) is 9.88. The highest BCUT2D eigenvalue weighted by Crippen LogP contribution is 2.27. The SMILES string of the molecule is CCCOc1ccc(S(=O)(=O)N(CC)C(C)C)cc1CCl. The molecule has 0 unspecified atom stereocenters. The van der Waals surface area contributed by atoms with Crippen LogP contribution in [0.25, 0.3) is 0 Å². The molecule has 0 saturated carbocycles. The van der Waals surface area contributed by atoms with Crippen LogP contribution in [0.2, 0.25) is 0 Å². The molecule has 4 nitrogen and oxygen atoms in total. The lowest BCUT2D eigenvalue weighted by molar-refractivity contribution is 0.314. The second-order valence-electron chi connectivity index (χ2n) is 5.05. The normalized spacial score (nSPS) is 12.1. The van der Waals surface area contributed by atoms with Gasteiger partial charge in [-0.3, -0.25) is 0 Å². The number of nitrogens with zero attached hydrogens (tertiary/aromatic N) is 1. The lowest BCUT2D eigenvalue weighted by atomic mass is 10.2. The van der Waals surface area contributed by atoms with Crippen LogP contribution in [-0.2, 0) is 15.9 Å². The van der Waals surface area contributed by atoms with Gasteiger partial charge in [0.25, 0.3) is 0 Å². The molecule has 0 bridgehead atoms. The topological polar surface area (TPSA) is 46.6 Å². The number of hydrogen-bond acceptors (Lipinski definition) is 3. The first-order valence-corrected chi connectivity index (χ1v) is 9.19. The van der Waals surface area contributed by atoms with Crippen molar-refractivity contribution in [1.29, 1.82) is 0 Å². The zero-order chi connectivity index (χ0) is 16.0. The van der Waals surface area contributed by atoms with Crippen molar-refractivity contribution in [3.05, 3.63) is 23.8 Å². The molecule has 0 fully saturated rings. The van der Waals surface area contributed by atoms with Gasteiger partial charge in [0.2, 0.25) is 10.0 Å². The summed E-state index contributed by atoms with van der Waals surface area (Å²) in [5, 5.41) is 0. The van der Waals surface area contributed by atoms with Gasteiger partial charge in [-0.15, -0.1) is 11.6 Å². The van der Waals surface area contributed by atoms with E-state index in [-0.39, 0.29) is 16.8 Å². The summed E-state index contributed by atoms with van der Waals surface area (Å²) in [5.41, 5.74) is 0.700. The third-order valence-electron chi connectivity index (χ3n) is 3.13. The third kappa shape index (κ3) is 4.34. The van der Waals surface area contributed by atoms with E-state index in [9.17, 15) is 8.42 Å². The lowest BCUT2D eigenvalue weighted by Crippen LogP contribution is -2.36. The fourth-order valence-electron chi connectivity index (χ4n) is 2.12. The third-order valence-corrected chi connectivity index (χ3v) is 5.57. The predicted molar refractivity (Wildman–Crippen MR) is 86.5 cm³/mol. The number of hydrogen-bond donors (Lipinski definition) is 0. The molecule has 0 aliphatic carbocycles. The molecule has 0 amide bonds. The molecule has 0 spiro atoms. The molecule has 120 valence electrons. The Morgan fingerprint density at radius 1 is 1.29 bits per heavy atom. The summed E-state index contributed by atoms with van der Waals surface area (Å²) in [5.74, 6) is 0.870. The molecule has 1 rings (SSSR count). The second-order valence-corrected chi connectivity index (χ2v) is 7.21. The highest BCUT2D eigenvalue weighted by atomic mass is 35.5. The summed E-state index contributed by atoms with van der Waals surface area (Å²) in [6.45, 7) is 8.59. The zero-order valence-corrected chi connectivity index (χ0v) is 14.7. The van der Waals surface area contributed by atoms with Gasteiger partial charge in [0.15, 0.2) is 0 Å². The Hall–Kier alpha value is -0.780. The molecular weight excluding hydrogens is 310 g/mol. The minimum atomic E-state index is -3.50. The van der Waals surface area contributed by atoms with E-state index in [0.717, 1.165) is 6.42 Å². The Balaban J connectivity index is 3.19. The standard InChI is InChI=1S/C15H24ClNO3S/c1-5-9-20-15-8-7-14(10-13(15)11-16)21(18,19)17(6-2)12(3)4/h7-8,10,12H,5-6,9,11H2,1-4H3. The minimum absolute atomic E-state index is 0.0875. The van der Waals surface area contributed by atoms with E-state index in [1.54, 1.807) is 18.2 Å². The summed E-state index contributed by atoms with van der Waals surface area (Å²) in [6, 6.07) is 4.80.